The van der Waals surface area contributed by atoms with Gasteiger partial charge in [0.1, 0.15) is 23.8 Å². The van der Waals surface area contributed by atoms with Gasteiger partial charge in [-0.1, -0.05) is 39.2 Å². The average molecular weight is 760 g/mol. The number of nitrogens with zero attached hydrogens (tertiary/aromatic N) is 1. The summed E-state index contributed by atoms with van der Waals surface area (Å²) in [5.74, 6) is -4.36. The molecule has 17 nitrogen and oxygen atoms in total. The number of aliphatic hydroxyl groups excluding tert-OH is 1. The zero-order chi connectivity index (χ0) is 40.0. The molecule has 6 N–H and O–H groups in total. The summed E-state index contributed by atoms with van der Waals surface area (Å²) in [4.78, 5) is 91.9. The number of ether oxygens (including phenoxy) is 1. The minimum Gasteiger partial charge on any atom is -0.493 e. The number of carboxylic acids is 1. The highest BCUT2D eigenvalue weighted by Gasteiger charge is 2.35. The minimum absolute atomic E-state index is 0.0394. The van der Waals surface area contributed by atoms with Crippen LogP contribution in [0.1, 0.15) is 93.1 Å². The Balaban J connectivity index is 0.00000495. The SMILES string of the molecule is CCCCCC(C(=O)NCNC(=O)c1ccc(-c2ccc(C(=O)NC(CC=O)C(=O)O)c(OCC)c2)o1)C(CC)N(C=O)OC(=O)C1CCNCC1.CO. The summed E-state index contributed by atoms with van der Waals surface area (Å²) in [6.45, 7) is 6.83. The first-order valence-corrected chi connectivity index (χ1v) is 18.1. The summed E-state index contributed by atoms with van der Waals surface area (Å²) < 4.78 is 11.4. The van der Waals surface area contributed by atoms with Crippen molar-refractivity contribution < 1.29 is 57.8 Å². The lowest BCUT2D eigenvalue weighted by atomic mass is 9.90. The number of piperidine rings is 1. The van der Waals surface area contributed by atoms with Gasteiger partial charge in [0.05, 0.1) is 36.7 Å². The molecule has 3 rings (SSSR count). The van der Waals surface area contributed by atoms with Gasteiger partial charge in [-0.25, -0.2) is 9.59 Å². The summed E-state index contributed by atoms with van der Waals surface area (Å²) in [6.07, 6.45) is 4.90. The molecule has 1 aliphatic rings. The molecular weight excluding hydrogens is 706 g/mol. The van der Waals surface area contributed by atoms with E-state index in [9.17, 15) is 38.7 Å². The van der Waals surface area contributed by atoms with Crippen molar-refractivity contribution in [2.45, 2.75) is 84.2 Å². The van der Waals surface area contributed by atoms with E-state index in [1.165, 1.54) is 30.3 Å². The van der Waals surface area contributed by atoms with Gasteiger partial charge >= 0.3 is 11.9 Å². The normalized spacial score (nSPS) is 14.2. The molecule has 0 spiro atoms. The van der Waals surface area contributed by atoms with Crippen molar-refractivity contribution >= 4 is 42.4 Å². The highest BCUT2D eigenvalue weighted by atomic mass is 16.7. The average Bonchev–Trinajstić information content (AvgIpc) is 3.69. The summed E-state index contributed by atoms with van der Waals surface area (Å²) in [6, 6.07) is 5.30. The quantitative estimate of drug-likeness (QED) is 0.0438. The Morgan fingerprint density at radius 3 is 2.33 bits per heavy atom. The second-order valence-corrected chi connectivity index (χ2v) is 12.3. The van der Waals surface area contributed by atoms with Gasteiger partial charge < -0.3 is 50.3 Å². The molecule has 17 heteroatoms. The van der Waals surface area contributed by atoms with E-state index in [0.717, 1.165) is 25.0 Å². The number of hydrogen-bond acceptors (Lipinski definition) is 12. The van der Waals surface area contributed by atoms with Crippen LogP contribution in [-0.4, -0.2) is 103 Å². The van der Waals surface area contributed by atoms with Crippen LogP contribution in [0, 0.1) is 11.8 Å². The zero-order valence-electron chi connectivity index (χ0n) is 31.3. The maximum Gasteiger partial charge on any atom is 0.335 e. The van der Waals surface area contributed by atoms with E-state index in [0.29, 0.717) is 63.5 Å². The molecule has 1 saturated heterocycles. The Kier molecular flexibility index (Phi) is 20.0. The fraction of sp³-hybridized carbons (Fsp3) is 0.541. The van der Waals surface area contributed by atoms with Crippen LogP contribution in [0.4, 0.5) is 0 Å². The minimum atomic E-state index is -1.41. The number of unbranched alkanes of at least 4 members (excludes halogenated alkanes) is 2. The van der Waals surface area contributed by atoms with Gasteiger partial charge in [-0.3, -0.25) is 19.2 Å². The van der Waals surface area contributed by atoms with Crippen LogP contribution in [0.3, 0.4) is 0 Å². The van der Waals surface area contributed by atoms with Crippen LogP contribution in [0.15, 0.2) is 34.7 Å². The van der Waals surface area contributed by atoms with Crippen LogP contribution in [0.5, 0.6) is 5.75 Å². The Hall–Kier alpha value is -5.29. The first-order chi connectivity index (χ1) is 26.1. The Morgan fingerprint density at radius 2 is 1.72 bits per heavy atom. The zero-order valence-corrected chi connectivity index (χ0v) is 31.3. The number of hydrogen-bond donors (Lipinski definition) is 6. The first-order valence-electron chi connectivity index (χ1n) is 18.1. The lowest BCUT2D eigenvalue weighted by Gasteiger charge is -2.33. The van der Waals surface area contributed by atoms with Gasteiger partial charge in [0.25, 0.3) is 11.8 Å². The maximum absolute atomic E-state index is 13.5. The Labute approximate surface area is 314 Å². The van der Waals surface area contributed by atoms with E-state index in [-0.39, 0.29) is 42.0 Å². The molecule has 0 saturated carbocycles. The van der Waals surface area contributed by atoms with Crippen molar-refractivity contribution in [2.24, 2.45) is 11.8 Å². The molecule has 2 aromatic rings. The van der Waals surface area contributed by atoms with Gasteiger partial charge in [0.2, 0.25) is 12.3 Å². The fourth-order valence-corrected chi connectivity index (χ4v) is 5.89. The van der Waals surface area contributed by atoms with Crippen LogP contribution in [-0.2, 0) is 28.8 Å². The second-order valence-electron chi connectivity index (χ2n) is 12.3. The molecular formula is C37H53N5O12. The van der Waals surface area contributed by atoms with Gasteiger partial charge in [-0.05, 0) is 70.0 Å². The third-order valence-electron chi connectivity index (χ3n) is 8.72. The summed E-state index contributed by atoms with van der Waals surface area (Å²) in [7, 11) is 1.00. The predicted molar refractivity (Wildman–Crippen MR) is 195 cm³/mol. The molecule has 3 unspecified atom stereocenters. The summed E-state index contributed by atoms with van der Waals surface area (Å²) in [5.41, 5.74) is 0.494. The van der Waals surface area contributed by atoms with Crippen molar-refractivity contribution in [1.82, 2.24) is 26.3 Å². The van der Waals surface area contributed by atoms with Crippen LogP contribution < -0.4 is 26.0 Å². The van der Waals surface area contributed by atoms with Gasteiger partial charge in [0, 0.05) is 19.1 Å². The Bertz CT molecular complexity index is 1540. The molecule has 1 aliphatic heterocycles. The van der Waals surface area contributed by atoms with Crippen molar-refractivity contribution in [3.8, 4) is 17.1 Å². The molecule has 0 radical (unpaired) electrons. The standard InChI is InChI=1S/C36H49N5O11.CH4O/c1-4-7-8-9-25(28(5-2)41(22-43)52-36(49)23-14-17-37-18-15-23)32(44)38-21-39-34(46)30-13-12-29(51-30)24-10-11-26(31(20-24)50-6-3)33(45)40-27(16-19-42)35(47)48;1-2/h10-13,19-20,22-23,25,27-28,37H,4-9,14-18,21H2,1-3H3,(H,38,44)(H,39,46)(H,40,45)(H,47,48);2H,1H3. The van der Waals surface area contributed by atoms with E-state index in [2.05, 4.69) is 21.3 Å². The molecule has 1 fully saturated rings. The maximum atomic E-state index is 13.5. The molecule has 3 atom stereocenters. The molecule has 0 bridgehead atoms. The Morgan fingerprint density at radius 1 is 1.00 bits per heavy atom. The monoisotopic (exact) mass is 759 g/mol. The number of rotatable bonds is 22. The number of aliphatic carboxylic acids is 1. The number of carboxylic acid groups (broad SMARTS) is 1. The van der Waals surface area contributed by atoms with Gasteiger partial charge in [0.15, 0.2) is 5.76 Å². The van der Waals surface area contributed by atoms with E-state index >= 15 is 0 Å². The van der Waals surface area contributed by atoms with Crippen molar-refractivity contribution in [3.05, 3.63) is 41.7 Å². The number of aldehydes is 1. The number of amides is 4. The largest absolute Gasteiger partial charge is 0.493 e. The first kappa shape index (κ1) is 44.9. The molecule has 298 valence electrons. The lowest BCUT2D eigenvalue weighted by Crippen LogP contribution is -2.49. The second kappa shape index (κ2) is 24.1. The van der Waals surface area contributed by atoms with E-state index < -0.39 is 54.1 Å². The lowest BCUT2D eigenvalue weighted by molar-refractivity contribution is -0.208. The number of aliphatic hydroxyl groups is 1. The molecule has 0 aliphatic carbocycles. The van der Waals surface area contributed by atoms with Crippen molar-refractivity contribution in [1.29, 1.82) is 0 Å². The summed E-state index contributed by atoms with van der Waals surface area (Å²) >= 11 is 0. The highest BCUT2D eigenvalue weighted by molar-refractivity contribution is 6.00. The summed E-state index contributed by atoms with van der Waals surface area (Å²) in [5, 5.41) is 28.0. The fourth-order valence-electron chi connectivity index (χ4n) is 5.89. The smallest absolute Gasteiger partial charge is 0.335 e. The van der Waals surface area contributed by atoms with Crippen molar-refractivity contribution in [3.63, 3.8) is 0 Å². The topological polar surface area (TPSA) is 243 Å². The van der Waals surface area contributed by atoms with Crippen LogP contribution in [0.25, 0.3) is 11.3 Å². The number of nitrogens with one attached hydrogen (secondary N) is 4. The predicted octanol–water partition coefficient (Wildman–Crippen LogP) is 2.42. The third kappa shape index (κ3) is 13.3. The van der Waals surface area contributed by atoms with Crippen LogP contribution >= 0.6 is 0 Å². The third-order valence-corrected chi connectivity index (χ3v) is 8.72. The molecule has 2 heterocycles. The highest BCUT2D eigenvalue weighted by Crippen LogP contribution is 2.29. The van der Waals surface area contributed by atoms with Gasteiger partial charge in [-0.2, -0.15) is 5.06 Å². The van der Waals surface area contributed by atoms with Gasteiger partial charge in [-0.15, -0.1) is 0 Å². The van der Waals surface area contributed by atoms with E-state index in [4.69, 9.17) is 19.1 Å². The molecule has 1 aromatic heterocycles. The number of furan rings is 1. The number of hydroxylamine groups is 2. The molecule has 54 heavy (non-hydrogen) atoms. The van der Waals surface area contributed by atoms with Crippen molar-refractivity contribution in [2.75, 3.05) is 33.5 Å². The molecule has 1 aromatic carbocycles. The number of benzene rings is 1. The number of carbonyl (C=O) groups is 7. The number of carbonyl (C=O) groups excluding carboxylic acids is 6. The molecule has 4 amide bonds. The van der Waals surface area contributed by atoms with E-state index in [1.54, 1.807) is 13.8 Å². The van der Waals surface area contributed by atoms with E-state index in [1.807, 2.05) is 6.92 Å². The van der Waals surface area contributed by atoms with Crippen LogP contribution in [0.2, 0.25) is 0 Å².